The van der Waals surface area contributed by atoms with Gasteiger partial charge in [0.05, 0.1) is 13.0 Å². The molecule has 0 radical (unpaired) electrons. The minimum atomic E-state index is -0.164. The summed E-state index contributed by atoms with van der Waals surface area (Å²) in [5, 5.41) is 2.56. The summed E-state index contributed by atoms with van der Waals surface area (Å²) in [5.41, 5.74) is 1.01. The van der Waals surface area contributed by atoms with Gasteiger partial charge in [-0.3, -0.25) is 4.79 Å². The van der Waals surface area contributed by atoms with E-state index in [1.54, 1.807) is 23.1 Å². The minimum absolute atomic E-state index is 0.164. The number of rotatable bonds is 4. The molecule has 0 N–H and O–H groups in total. The van der Waals surface area contributed by atoms with Crippen LogP contribution in [0.5, 0.6) is 0 Å². The largest absolute Gasteiger partial charge is 0.466 e. The Labute approximate surface area is 132 Å². The number of esters is 1. The normalized spacial score (nSPS) is 11.1. The molecule has 0 atom stereocenters. The van der Waals surface area contributed by atoms with Crippen molar-refractivity contribution in [2.24, 2.45) is 0 Å². The second-order valence-corrected chi connectivity index (χ2v) is 6.74. The molecule has 1 aromatic heterocycles. The maximum Gasteiger partial charge on any atom is 0.310 e. The Kier molecular flexibility index (Phi) is 4.17. The zero-order valence-electron chi connectivity index (χ0n) is 12.0. The Balaban J connectivity index is 2.02. The lowest BCUT2D eigenvalue weighted by Gasteiger charge is -2.02. The van der Waals surface area contributed by atoms with Crippen LogP contribution < -0.4 is 0 Å². The summed E-state index contributed by atoms with van der Waals surface area (Å²) in [7, 11) is 0. The summed E-state index contributed by atoms with van der Waals surface area (Å²) >= 11 is 3.53. The lowest BCUT2D eigenvalue weighted by atomic mass is 10.1. The van der Waals surface area contributed by atoms with Crippen LogP contribution in [0.4, 0.5) is 0 Å². The molecule has 0 aliphatic rings. The van der Waals surface area contributed by atoms with Gasteiger partial charge in [0.1, 0.15) is 0 Å². The number of benzene rings is 2. The number of carbonyl (C=O) groups is 1. The molecule has 21 heavy (non-hydrogen) atoms. The number of carbonyl (C=O) groups excluding carboxylic acids is 1. The molecule has 3 rings (SSSR count). The molecule has 0 aliphatic heterocycles. The highest BCUT2D eigenvalue weighted by Gasteiger charge is 2.09. The van der Waals surface area contributed by atoms with Crippen LogP contribution in [0.2, 0.25) is 0 Å². The fraction of sp³-hybridized carbons (Fsp3) is 0.235. The van der Waals surface area contributed by atoms with Crippen molar-refractivity contribution < 1.29 is 9.53 Å². The maximum atomic E-state index is 11.6. The topological polar surface area (TPSA) is 26.3 Å². The van der Waals surface area contributed by atoms with E-state index in [1.807, 2.05) is 13.0 Å². The van der Waals surface area contributed by atoms with Gasteiger partial charge in [0.25, 0.3) is 0 Å². The fourth-order valence-corrected chi connectivity index (χ4v) is 4.01. The van der Waals surface area contributed by atoms with Gasteiger partial charge in [-0.1, -0.05) is 12.1 Å². The lowest BCUT2D eigenvalue weighted by Crippen LogP contribution is -2.07. The van der Waals surface area contributed by atoms with Crippen molar-refractivity contribution in [1.82, 2.24) is 0 Å². The number of hydrogen-bond donors (Lipinski definition) is 0. The Bertz CT molecular complexity index is 805. The smallest absolute Gasteiger partial charge is 0.310 e. The molecule has 0 unspecified atom stereocenters. The first kappa shape index (κ1) is 14.4. The van der Waals surface area contributed by atoms with E-state index in [2.05, 4.69) is 36.6 Å². The van der Waals surface area contributed by atoms with Crippen LogP contribution in [0, 0.1) is 0 Å². The predicted molar refractivity (Wildman–Crippen MR) is 91.4 cm³/mol. The minimum Gasteiger partial charge on any atom is -0.466 e. The van der Waals surface area contributed by atoms with Crippen LogP contribution in [0.15, 0.2) is 41.3 Å². The van der Waals surface area contributed by atoms with Crippen LogP contribution in [-0.2, 0) is 16.0 Å². The third-order valence-corrected chi connectivity index (χ3v) is 5.26. The van der Waals surface area contributed by atoms with Crippen LogP contribution >= 0.6 is 23.1 Å². The number of hydrogen-bond acceptors (Lipinski definition) is 4. The first-order chi connectivity index (χ1) is 10.2. The van der Waals surface area contributed by atoms with E-state index in [4.69, 9.17) is 4.74 Å². The van der Waals surface area contributed by atoms with Crippen molar-refractivity contribution in [3.63, 3.8) is 0 Å². The number of thioether (sulfide) groups is 1. The molecular weight excluding hydrogens is 300 g/mol. The van der Waals surface area contributed by atoms with Crippen molar-refractivity contribution in [2.75, 3.05) is 12.9 Å². The second kappa shape index (κ2) is 6.08. The highest BCUT2D eigenvalue weighted by atomic mass is 32.2. The molecule has 0 saturated carbocycles. The quantitative estimate of drug-likeness (QED) is 0.507. The van der Waals surface area contributed by atoms with Crippen LogP contribution in [0.25, 0.3) is 20.2 Å². The van der Waals surface area contributed by atoms with Crippen LogP contribution in [0.1, 0.15) is 12.5 Å². The summed E-state index contributed by atoms with van der Waals surface area (Å²) in [6, 6.07) is 12.8. The van der Waals surface area contributed by atoms with Gasteiger partial charge in [-0.25, -0.2) is 0 Å². The van der Waals surface area contributed by atoms with E-state index in [1.165, 1.54) is 25.1 Å². The van der Waals surface area contributed by atoms with E-state index in [9.17, 15) is 4.79 Å². The molecule has 1 heterocycles. The molecular formula is C17H16O2S2. The van der Waals surface area contributed by atoms with Crippen molar-refractivity contribution in [3.8, 4) is 0 Å². The van der Waals surface area contributed by atoms with Gasteiger partial charge in [-0.05, 0) is 43.0 Å². The molecule has 0 fully saturated rings. The summed E-state index contributed by atoms with van der Waals surface area (Å²) in [6.45, 7) is 2.26. The first-order valence-electron chi connectivity index (χ1n) is 6.86. The van der Waals surface area contributed by atoms with Gasteiger partial charge in [0.2, 0.25) is 0 Å². The zero-order chi connectivity index (χ0) is 14.8. The Hall–Kier alpha value is -1.52. The van der Waals surface area contributed by atoms with E-state index in [0.717, 1.165) is 5.56 Å². The third-order valence-electron chi connectivity index (χ3n) is 3.40. The third kappa shape index (κ3) is 2.92. The highest BCUT2D eigenvalue weighted by Crippen LogP contribution is 2.36. The van der Waals surface area contributed by atoms with Crippen molar-refractivity contribution in [1.29, 1.82) is 0 Å². The predicted octanol–water partition coefficient (Wildman–Crippen LogP) is 4.88. The van der Waals surface area contributed by atoms with E-state index in [0.29, 0.717) is 13.0 Å². The van der Waals surface area contributed by atoms with Crippen molar-refractivity contribution in [2.45, 2.75) is 18.2 Å². The summed E-state index contributed by atoms with van der Waals surface area (Å²) < 4.78 is 7.52. The first-order valence-corrected chi connectivity index (χ1v) is 8.90. The van der Waals surface area contributed by atoms with Crippen LogP contribution in [-0.4, -0.2) is 18.8 Å². The number of ether oxygens (including phenoxy) is 1. The summed E-state index contributed by atoms with van der Waals surface area (Å²) in [6.07, 6.45) is 2.43. The number of fused-ring (bicyclic) bond motifs is 3. The molecule has 0 spiro atoms. The maximum absolute atomic E-state index is 11.6. The molecule has 2 aromatic carbocycles. The van der Waals surface area contributed by atoms with E-state index in [-0.39, 0.29) is 5.97 Å². The SMILES string of the molecule is CCOC(=O)Cc1ccc2c(c1)sc1ccc(SC)cc12. The summed E-state index contributed by atoms with van der Waals surface area (Å²) in [4.78, 5) is 12.9. The van der Waals surface area contributed by atoms with Crippen LogP contribution in [0.3, 0.4) is 0 Å². The zero-order valence-corrected chi connectivity index (χ0v) is 13.6. The fourth-order valence-electron chi connectivity index (χ4n) is 2.42. The Morgan fingerprint density at radius 2 is 2.00 bits per heavy atom. The average Bonchev–Trinajstić information content (AvgIpc) is 2.84. The molecule has 108 valence electrons. The molecule has 2 nitrogen and oxygen atoms in total. The molecule has 0 amide bonds. The van der Waals surface area contributed by atoms with Gasteiger partial charge in [-0.15, -0.1) is 23.1 Å². The monoisotopic (exact) mass is 316 g/mol. The Morgan fingerprint density at radius 3 is 2.76 bits per heavy atom. The van der Waals surface area contributed by atoms with Crippen molar-refractivity contribution >= 4 is 49.2 Å². The Morgan fingerprint density at radius 1 is 1.14 bits per heavy atom. The van der Waals surface area contributed by atoms with E-state index >= 15 is 0 Å². The molecule has 4 heteroatoms. The lowest BCUT2D eigenvalue weighted by molar-refractivity contribution is -0.142. The molecule has 3 aromatic rings. The standard InChI is InChI=1S/C17H16O2S2/c1-3-19-17(18)9-11-4-6-13-14-10-12(20-2)5-7-15(14)21-16(13)8-11/h4-8,10H,3,9H2,1-2H3. The molecule has 0 saturated heterocycles. The van der Waals surface area contributed by atoms with Crippen molar-refractivity contribution in [3.05, 3.63) is 42.0 Å². The van der Waals surface area contributed by atoms with Gasteiger partial charge in [0.15, 0.2) is 0 Å². The molecule has 0 aliphatic carbocycles. The van der Waals surface area contributed by atoms with Gasteiger partial charge >= 0.3 is 5.97 Å². The van der Waals surface area contributed by atoms with E-state index < -0.39 is 0 Å². The average molecular weight is 316 g/mol. The molecule has 0 bridgehead atoms. The van der Waals surface area contributed by atoms with Gasteiger partial charge in [-0.2, -0.15) is 0 Å². The second-order valence-electron chi connectivity index (χ2n) is 4.78. The van der Waals surface area contributed by atoms with Gasteiger partial charge < -0.3 is 4.74 Å². The summed E-state index contributed by atoms with van der Waals surface area (Å²) in [5.74, 6) is -0.164. The van der Waals surface area contributed by atoms with Gasteiger partial charge in [0, 0.05) is 25.1 Å². The number of thiophene rings is 1. The highest BCUT2D eigenvalue weighted by molar-refractivity contribution is 7.98.